The Morgan fingerprint density at radius 3 is 2.95 bits per heavy atom. The molecular formula is C15H24N4O. The molecule has 1 heterocycles. The number of pyridine rings is 1. The molecule has 1 fully saturated rings. The van der Waals surface area contributed by atoms with Crippen molar-refractivity contribution in [2.24, 2.45) is 11.7 Å². The summed E-state index contributed by atoms with van der Waals surface area (Å²) < 4.78 is 0. The van der Waals surface area contributed by atoms with Gasteiger partial charge in [-0.15, -0.1) is 0 Å². The van der Waals surface area contributed by atoms with Crippen LogP contribution in [-0.2, 0) is 11.3 Å². The molecule has 1 aromatic rings. The summed E-state index contributed by atoms with van der Waals surface area (Å²) in [4.78, 5) is 18.3. The molecule has 0 bridgehead atoms. The second-order valence-corrected chi connectivity index (χ2v) is 5.72. The second-order valence-electron chi connectivity index (χ2n) is 5.72. The molecule has 1 aliphatic rings. The van der Waals surface area contributed by atoms with Crippen LogP contribution in [0.3, 0.4) is 0 Å². The summed E-state index contributed by atoms with van der Waals surface area (Å²) in [5.74, 6) is 1.32. The fourth-order valence-electron chi connectivity index (χ4n) is 2.79. The lowest BCUT2D eigenvalue weighted by molar-refractivity contribution is -0.122. The minimum Gasteiger partial charge on any atom is -0.362 e. The molecule has 1 saturated carbocycles. The number of aromatic nitrogens is 1. The number of hydrogen-bond donors (Lipinski definition) is 2. The van der Waals surface area contributed by atoms with E-state index >= 15 is 0 Å². The first-order valence-electron chi connectivity index (χ1n) is 7.21. The van der Waals surface area contributed by atoms with Crippen LogP contribution in [0.25, 0.3) is 0 Å². The maximum absolute atomic E-state index is 12.0. The molecule has 0 radical (unpaired) electrons. The largest absolute Gasteiger partial charge is 0.362 e. The van der Waals surface area contributed by atoms with Crippen LogP contribution in [0.1, 0.15) is 31.2 Å². The monoisotopic (exact) mass is 276 g/mol. The number of rotatable bonds is 5. The van der Waals surface area contributed by atoms with E-state index in [0.29, 0.717) is 18.9 Å². The number of nitrogens with one attached hydrogen (secondary N) is 1. The van der Waals surface area contributed by atoms with Crippen molar-refractivity contribution >= 4 is 11.7 Å². The fourth-order valence-corrected chi connectivity index (χ4v) is 2.79. The van der Waals surface area contributed by atoms with Gasteiger partial charge in [0.25, 0.3) is 0 Å². The summed E-state index contributed by atoms with van der Waals surface area (Å²) in [6, 6.07) is 4.07. The summed E-state index contributed by atoms with van der Waals surface area (Å²) in [6.07, 6.45) is 5.57. The zero-order chi connectivity index (χ0) is 14.5. The van der Waals surface area contributed by atoms with E-state index in [-0.39, 0.29) is 11.9 Å². The molecule has 0 aromatic carbocycles. The van der Waals surface area contributed by atoms with Crippen LogP contribution < -0.4 is 16.0 Å². The van der Waals surface area contributed by atoms with Crippen molar-refractivity contribution in [2.45, 2.75) is 38.3 Å². The lowest BCUT2D eigenvalue weighted by Gasteiger charge is -2.17. The van der Waals surface area contributed by atoms with Gasteiger partial charge in [-0.2, -0.15) is 0 Å². The third-order valence-electron chi connectivity index (χ3n) is 3.93. The molecule has 1 amide bonds. The molecule has 1 aliphatic carbocycles. The van der Waals surface area contributed by atoms with Gasteiger partial charge in [0.15, 0.2) is 0 Å². The highest BCUT2D eigenvalue weighted by molar-refractivity contribution is 5.76. The quantitative estimate of drug-likeness (QED) is 0.850. The normalized spacial score (nSPS) is 21.8. The Bertz CT molecular complexity index is 461. The third-order valence-corrected chi connectivity index (χ3v) is 3.93. The molecule has 2 atom stereocenters. The maximum atomic E-state index is 12.0. The summed E-state index contributed by atoms with van der Waals surface area (Å²) in [6.45, 7) is 0.516. The van der Waals surface area contributed by atoms with Gasteiger partial charge in [0, 0.05) is 44.9 Å². The molecule has 1 aromatic heterocycles. The zero-order valence-corrected chi connectivity index (χ0v) is 12.3. The van der Waals surface area contributed by atoms with Crippen molar-refractivity contribution < 1.29 is 4.79 Å². The standard InChI is InChI=1S/C15H24N4O/c1-19(2)15-12(6-4-8-17-15)10-18-14(20)9-11-5-3-7-13(11)16/h4,6,8,11,13H,3,5,7,9-10,16H2,1-2H3,(H,18,20)/t11-,13+/m0/s1. The van der Waals surface area contributed by atoms with E-state index in [4.69, 9.17) is 5.73 Å². The molecule has 2 rings (SSSR count). The lowest BCUT2D eigenvalue weighted by Crippen LogP contribution is -2.31. The van der Waals surface area contributed by atoms with E-state index < -0.39 is 0 Å². The fraction of sp³-hybridized carbons (Fsp3) is 0.600. The number of amides is 1. The van der Waals surface area contributed by atoms with Crippen LogP contribution in [0.2, 0.25) is 0 Å². The van der Waals surface area contributed by atoms with Gasteiger partial charge in [-0.05, 0) is 24.8 Å². The van der Waals surface area contributed by atoms with E-state index in [1.54, 1.807) is 6.20 Å². The molecule has 0 spiro atoms. The summed E-state index contributed by atoms with van der Waals surface area (Å²) in [5, 5.41) is 2.98. The molecule has 110 valence electrons. The van der Waals surface area contributed by atoms with Crippen LogP contribution >= 0.6 is 0 Å². The van der Waals surface area contributed by atoms with Crippen molar-refractivity contribution in [3.63, 3.8) is 0 Å². The first-order chi connectivity index (χ1) is 9.58. The summed E-state index contributed by atoms with van der Waals surface area (Å²) in [5.41, 5.74) is 7.03. The predicted octanol–water partition coefficient (Wildman–Crippen LogP) is 1.28. The molecule has 20 heavy (non-hydrogen) atoms. The highest BCUT2D eigenvalue weighted by Gasteiger charge is 2.25. The van der Waals surface area contributed by atoms with E-state index in [0.717, 1.165) is 30.6 Å². The van der Waals surface area contributed by atoms with E-state index in [1.807, 2.05) is 31.1 Å². The van der Waals surface area contributed by atoms with Crippen molar-refractivity contribution in [3.05, 3.63) is 23.9 Å². The van der Waals surface area contributed by atoms with Gasteiger partial charge in [0.2, 0.25) is 5.91 Å². The molecule has 5 nitrogen and oxygen atoms in total. The maximum Gasteiger partial charge on any atom is 0.220 e. The Morgan fingerprint density at radius 2 is 2.30 bits per heavy atom. The van der Waals surface area contributed by atoms with Crippen molar-refractivity contribution in [3.8, 4) is 0 Å². The van der Waals surface area contributed by atoms with Crippen LogP contribution in [0.5, 0.6) is 0 Å². The Balaban J connectivity index is 1.87. The molecule has 5 heteroatoms. The number of carbonyl (C=O) groups is 1. The summed E-state index contributed by atoms with van der Waals surface area (Å²) >= 11 is 0. The Hall–Kier alpha value is -1.62. The number of hydrogen-bond acceptors (Lipinski definition) is 4. The van der Waals surface area contributed by atoms with Crippen LogP contribution in [0.4, 0.5) is 5.82 Å². The van der Waals surface area contributed by atoms with E-state index in [2.05, 4.69) is 10.3 Å². The van der Waals surface area contributed by atoms with Gasteiger partial charge in [0.05, 0.1) is 0 Å². The smallest absolute Gasteiger partial charge is 0.220 e. The van der Waals surface area contributed by atoms with Gasteiger partial charge in [-0.3, -0.25) is 4.79 Å². The number of nitrogens with two attached hydrogens (primary N) is 1. The van der Waals surface area contributed by atoms with E-state index in [1.165, 1.54) is 0 Å². The molecule has 0 saturated heterocycles. The Morgan fingerprint density at radius 1 is 1.50 bits per heavy atom. The molecule has 0 unspecified atom stereocenters. The van der Waals surface area contributed by atoms with Crippen molar-refractivity contribution in [2.75, 3.05) is 19.0 Å². The highest BCUT2D eigenvalue weighted by Crippen LogP contribution is 2.26. The van der Waals surface area contributed by atoms with Gasteiger partial charge in [-0.25, -0.2) is 4.98 Å². The van der Waals surface area contributed by atoms with Gasteiger partial charge in [0.1, 0.15) is 5.82 Å². The van der Waals surface area contributed by atoms with Gasteiger partial charge >= 0.3 is 0 Å². The SMILES string of the molecule is CN(C)c1ncccc1CNC(=O)C[C@@H]1CCC[C@H]1N. The first kappa shape index (κ1) is 14.8. The van der Waals surface area contributed by atoms with Crippen molar-refractivity contribution in [1.82, 2.24) is 10.3 Å². The Kier molecular flexibility index (Phi) is 4.95. The van der Waals surface area contributed by atoms with Crippen LogP contribution in [0, 0.1) is 5.92 Å². The van der Waals surface area contributed by atoms with E-state index in [9.17, 15) is 4.79 Å². The molecule has 0 aliphatic heterocycles. The minimum absolute atomic E-state index is 0.0842. The average molecular weight is 276 g/mol. The zero-order valence-electron chi connectivity index (χ0n) is 12.3. The van der Waals surface area contributed by atoms with Crippen LogP contribution in [0.15, 0.2) is 18.3 Å². The molecular weight excluding hydrogens is 252 g/mol. The highest BCUT2D eigenvalue weighted by atomic mass is 16.1. The lowest BCUT2D eigenvalue weighted by atomic mass is 10.00. The molecule has 3 N–H and O–H groups in total. The van der Waals surface area contributed by atoms with Crippen molar-refractivity contribution in [1.29, 1.82) is 0 Å². The topological polar surface area (TPSA) is 71.2 Å². The second kappa shape index (κ2) is 6.70. The third kappa shape index (κ3) is 3.70. The van der Waals surface area contributed by atoms with Gasteiger partial charge in [-0.1, -0.05) is 12.5 Å². The predicted molar refractivity (Wildman–Crippen MR) is 80.3 cm³/mol. The Labute approximate surface area is 120 Å². The first-order valence-corrected chi connectivity index (χ1v) is 7.21. The van der Waals surface area contributed by atoms with Gasteiger partial charge < -0.3 is 16.0 Å². The summed E-state index contributed by atoms with van der Waals surface area (Å²) in [7, 11) is 3.90. The minimum atomic E-state index is 0.0842. The number of nitrogens with zero attached hydrogens (tertiary/aromatic N) is 2. The average Bonchev–Trinajstić information content (AvgIpc) is 2.82. The number of anilines is 1. The van der Waals surface area contributed by atoms with Crippen LogP contribution in [-0.4, -0.2) is 31.0 Å². The number of carbonyl (C=O) groups excluding carboxylic acids is 1.